The molecular weight excluding hydrogens is 498 g/mol. The number of amides is 1. The molecule has 0 spiro atoms. The monoisotopic (exact) mass is 521 g/mol. The summed E-state index contributed by atoms with van der Waals surface area (Å²) in [7, 11) is -3.24. The molecule has 37 heavy (non-hydrogen) atoms. The van der Waals surface area contributed by atoms with E-state index in [-0.39, 0.29) is 30.2 Å². The Morgan fingerprint density at radius 3 is 2.73 bits per heavy atom. The van der Waals surface area contributed by atoms with Crippen LogP contribution in [0.3, 0.4) is 0 Å². The van der Waals surface area contributed by atoms with Gasteiger partial charge in [-0.3, -0.25) is 4.79 Å². The van der Waals surface area contributed by atoms with Crippen molar-refractivity contribution in [3.05, 3.63) is 59.0 Å². The van der Waals surface area contributed by atoms with Crippen LogP contribution in [0, 0.1) is 0 Å². The number of carbonyl (C=O) groups excluding carboxylic acids is 1. The van der Waals surface area contributed by atoms with E-state index in [0.29, 0.717) is 42.3 Å². The number of hydrogen-bond acceptors (Lipinski definition) is 11. The number of nitrogens with one attached hydrogen (secondary N) is 2. The van der Waals surface area contributed by atoms with E-state index in [4.69, 9.17) is 4.42 Å². The summed E-state index contributed by atoms with van der Waals surface area (Å²) in [5.74, 6) is 0.761. The number of nitrogens with zero attached hydrogens (tertiary/aromatic N) is 7. The van der Waals surface area contributed by atoms with Crippen LogP contribution in [0.15, 0.2) is 39.9 Å². The number of aromatic nitrogens is 7. The summed E-state index contributed by atoms with van der Waals surface area (Å²) < 4.78 is 29.4. The van der Waals surface area contributed by atoms with Gasteiger partial charge in [-0.15, -0.1) is 10.2 Å². The maximum absolute atomic E-state index is 12.7. The highest BCUT2D eigenvalue weighted by Crippen LogP contribution is 2.27. The molecule has 1 aromatic carbocycles. The fourth-order valence-corrected chi connectivity index (χ4v) is 5.29. The summed E-state index contributed by atoms with van der Waals surface area (Å²) in [5.41, 5.74) is 4.32. The normalized spacial score (nSPS) is 16.9. The van der Waals surface area contributed by atoms with Gasteiger partial charge in [-0.1, -0.05) is 6.07 Å². The topological polar surface area (TPSA) is 173 Å². The van der Waals surface area contributed by atoms with E-state index in [0.717, 1.165) is 28.9 Å². The van der Waals surface area contributed by atoms with Crippen molar-refractivity contribution in [3.8, 4) is 11.5 Å². The van der Waals surface area contributed by atoms with Crippen molar-refractivity contribution >= 4 is 21.7 Å². The van der Waals surface area contributed by atoms with E-state index in [1.54, 1.807) is 29.4 Å². The molecule has 0 bridgehead atoms. The van der Waals surface area contributed by atoms with Gasteiger partial charge in [-0.2, -0.15) is 15.4 Å². The first kappa shape index (κ1) is 23.2. The second kappa shape index (κ2) is 9.03. The Kier molecular flexibility index (Phi) is 5.67. The van der Waals surface area contributed by atoms with Crippen LogP contribution in [-0.4, -0.2) is 73.6 Å². The molecule has 1 amide bonds. The van der Waals surface area contributed by atoms with Gasteiger partial charge in [-0.25, -0.2) is 18.4 Å². The minimum Gasteiger partial charge on any atom is -0.420 e. The highest BCUT2D eigenvalue weighted by Gasteiger charge is 2.26. The van der Waals surface area contributed by atoms with E-state index in [1.807, 2.05) is 6.07 Å². The number of sulfone groups is 1. The van der Waals surface area contributed by atoms with Crippen LogP contribution in [0.4, 0.5) is 5.95 Å². The lowest BCUT2D eigenvalue weighted by molar-refractivity contribution is -0.131. The predicted molar refractivity (Wildman–Crippen MR) is 129 cm³/mol. The minimum atomic E-state index is -3.24. The summed E-state index contributed by atoms with van der Waals surface area (Å²) in [5, 5.41) is 22.1. The minimum absolute atomic E-state index is 0.00995. The molecule has 4 aromatic rings. The second-order valence-corrected chi connectivity index (χ2v) is 11.2. The smallest absolute Gasteiger partial charge is 0.250 e. The lowest BCUT2D eigenvalue weighted by atomic mass is 10.1. The van der Waals surface area contributed by atoms with Crippen LogP contribution < -0.4 is 5.32 Å². The van der Waals surface area contributed by atoms with Gasteiger partial charge in [0.15, 0.2) is 9.84 Å². The number of benzene rings is 1. The molecule has 2 N–H and O–H groups in total. The number of carbonyl (C=O) groups is 1. The fourth-order valence-electron chi connectivity index (χ4n) is 4.62. The van der Waals surface area contributed by atoms with Gasteiger partial charge >= 0.3 is 0 Å². The zero-order valence-corrected chi connectivity index (χ0v) is 20.7. The molecule has 1 aliphatic heterocycles. The van der Waals surface area contributed by atoms with Crippen molar-refractivity contribution in [2.24, 2.45) is 0 Å². The average molecular weight is 522 g/mol. The zero-order valence-electron chi connectivity index (χ0n) is 19.9. The third-order valence-electron chi connectivity index (χ3n) is 6.55. The first-order chi connectivity index (χ1) is 17.8. The number of H-pyrrole nitrogens is 1. The van der Waals surface area contributed by atoms with Crippen LogP contribution >= 0.6 is 0 Å². The van der Waals surface area contributed by atoms with Crippen molar-refractivity contribution < 1.29 is 17.6 Å². The van der Waals surface area contributed by atoms with E-state index >= 15 is 0 Å². The summed E-state index contributed by atoms with van der Waals surface area (Å²) in [6.07, 6.45) is 6.44. The van der Waals surface area contributed by atoms with Crippen molar-refractivity contribution in [2.45, 2.75) is 43.2 Å². The molecule has 13 nitrogen and oxygen atoms in total. The highest BCUT2D eigenvalue weighted by molar-refractivity contribution is 7.90. The van der Waals surface area contributed by atoms with Crippen LogP contribution in [0.1, 0.15) is 28.4 Å². The van der Waals surface area contributed by atoms with E-state index < -0.39 is 9.84 Å². The predicted octanol–water partition coefficient (Wildman–Crippen LogP) is 0.755. The Morgan fingerprint density at radius 1 is 1.14 bits per heavy atom. The third-order valence-corrected chi connectivity index (χ3v) is 7.66. The van der Waals surface area contributed by atoms with Gasteiger partial charge in [0.2, 0.25) is 17.7 Å². The molecule has 14 heteroatoms. The quantitative estimate of drug-likeness (QED) is 0.367. The first-order valence-electron chi connectivity index (χ1n) is 11.7. The van der Waals surface area contributed by atoms with Crippen molar-refractivity contribution in [1.29, 1.82) is 0 Å². The third kappa shape index (κ3) is 4.79. The molecule has 1 atom stereocenters. The highest BCUT2D eigenvalue weighted by atomic mass is 32.2. The molecule has 2 aliphatic rings. The van der Waals surface area contributed by atoms with Gasteiger partial charge in [0.05, 0.1) is 22.7 Å². The van der Waals surface area contributed by atoms with E-state index in [9.17, 15) is 13.2 Å². The Labute approximate surface area is 211 Å². The van der Waals surface area contributed by atoms with Crippen LogP contribution in [0.5, 0.6) is 0 Å². The Morgan fingerprint density at radius 2 is 1.92 bits per heavy atom. The molecule has 1 unspecified atom stereocenters. The molecule has 1 aliphatic carbocycles. The summed E-state index contributed by atoms with van der Waals surface area (Å²) >= 11 is 0. The number of aromatic amines is 1. The lowest BCUT2D eigenvalue weighted by Crippen LogP contribution is -2.37. The molecule has 0 fully saturated rings. The van der Waals surface area contributed by atoms with Gasteiger partial charge in [-0.05, 0) is 36.1 Å². The first-order valence-corrected chi connectivity index (χ1v) is 13.6. The molecular formula is C23H23N9O4S. The largest absolute Gasteiger partial charge is 0.420 e. The summed E-state index contributed by atoms with van der Waals surface area (Å²) in [6.45, 7) is 0.964. The average Bonchev–Trinajstić information content (AvgIpc) is 3.62. The SMILES string of the molecule is CS(=O)(=O)c1ccc2c(c1)CC(Nc1ncc(-c3nnc(CC(=O)N4CCc5n[nH]nc5C4)o3)cn1)C2. The van der Waals surface area contributed by atoms with Crippen LogP contribution in [0.25, 0.3) is 11.5 Å². The molecule has 0 saturated heterocycles. The standard InChI is InChI=1S/C23H23N9O4S/c1-37(34,35)17-3-2-13-6-16(7-14(13)8-17)26-23-24-10-15(11-25-23)22-30-29-20(36-22)9-21(33)32-5-4-18-19(12-32)28-31-27-18/h2-3,8,10-11,16H,4-7,9,12H2,1H3,(H,24,25,26)(H,27,28,31). The summed E-state index contributed by atoms with van der Waals surface area (Å²) in [6, 6.07) is 5.31. The lowest BCUT2D eigenvalue weighted by Gasteiger charge is -2.24. The molecule has 4 heterocycles. The number of fused-ring (bicyclic) bond motifs is 2. The van der Waals surface area contributed by atoms with Crippen LogP contribution in [-0.2, 0) is 46.9 Å². The maximum atomic E-state index is 12.7. The Hall–Kier alpha value is -4.20. The van der Waals surface area contributed by atoms with Gasteiger partial charge in [0.1, 0.15) is 12.1 Å². The molecule has 3 aromatic heterocycles. The summed E-state index contributed by atoms with van der Waals surface area (Å²) in [4.78, 5) is 23.4. The van der Waals surface area contributed by atoms with Gasteiger partial charge in [0, 0.05) is 37.7 Å². The number of anilines is 1. The van der Waals surface area contributed by atoms with Gasteiger partial charge < -0.3 is 14.6 Å². The van der Waals surface area contributed by atoms with Crippen molar-refractivity contribution in [1.82, 2.24) is 40.5 Å². The Bertz CT molecular complexity index is 1580. The molecule has 190 valence electrons. The Balaban J connectivity index is 1.06. The maximum Gasteiger partial charge on any atom is 0.250 e. The number of hydrogen-bond donors (Lipinski definition) is 2. The molecule has 0 radical (unpaired) electrons. The van der Waals surface area contributed by atoms with Crippen molar-refractivity contribution in [3.63, 3.8) is 0 Å². The number of rotatable bonds is 6. The molecule has 0 saturated carbocycles. The van der Waals surface area contributed by atoms with E-state index in [2.05, 4.69) is 40.9 Å². The van der Waals surface area contributed by atoms with Crippen molar-refractivity contribution in [2.75, 3.05) is 18.1 Å². The second-order valence-electron chi connectivity index (χ2n) is 9.21. The van der Waals surface area contributed by atoms with E-state index in [1.165, 1.54) is 6.26 Å². The fraction of sp³-hybridized carbons (Fsp3) is 0.348. The van der Waals surface area contributed by atoms with Gasteiger partial charge in [0.25, 0.3) is 5.89 Å². The zero-order chi connectivity index (χ0) is 25.6. The van der Waals surface area contributed by atoms with Crippen LogP contribution in [0.2, 0.25) is 0 Å². The molecule has 6 rings (SSSR count).